The molecule has 0 saturated carbocycles. The summed E-state index contributed by atoms with van der Waals surface area (Å²) in [6.07, 6.45) is 2.62. The molecule has 0 bridgehead atoms. The van der Waals surface area contributed by atoms with Crippen LogP contribution in [0.1, 0.15) is 44.6 Å². The molecular formula is C22H35N3O3S. The molecule has 3 heterocycles. The zero-order valence-corrected chi connectivity index (χ0v) is 18.8. The number of hydrogen-bond acceptors (Lipinski definition) is 5. The van der Waals surface area contributed by atoms with Gasteiger partial charge in [0.25, 0.3) is 0 Å². The van der Waals surface area contributed by atoms with Crippen molar-refractivity contribution in [3.63, 3.8) is 0 Å². The van der Waals surface area contributed by atoms with Gasteiger partial charge in [-0.1, -0.05) is 26.0 Å². The van der Waals surface area contributed by atoms with Gasteiger partial charge in [0.1, 0.15) is 0 Å². The van der Waals surface area contributed by atoms with E-state index < -0.39 is 10.0 Å². The number of piperidine rings is 1. The number of nitrogens with zero attached hydrogens (tertiary/aromatic N) is 3. The largest absolute Gasteiger partial charge is 0.373 e. The monoisotopic (exact) mass is 421 g/mol. The van der Waals surface area contributed by atoms with Gasteiger partial charge in [-0.3, -0.25) is 4.90 Å². The average Bonchev–Trinajstić information content (AvgIpc) is 3.12. The van der Waals surface area contributed by atoms with E-state index in [1.54, 1.807) is 16.4 Å². The van der Waals surface area contributed by atoms with Crippen molar-refractivity contribution in [2.24, 2.45) is 0 Å². The van der Waals surface area contributed by atoms with Gasteiger partial charge in [0.05, 0.1) is 17.1 Å². The van der Waals surface area contributed by atoms with Crippen LogP contribution in [-0.4, -0.2) is 87.1 Å². The van der Waals surface area contributed by atoms with Gasteiger partial charge in [-0.05, 0) is 49.9 Å². The minimum absolute atomic E-state index is 0.137. The predicted octanol–water partition coefficient (Wildman–Crippen LogP) is 2.37. The second kappa shape index (κ2) is 8.27. The first kappa shape index (κ1) is 21.2. The van der Waals surface area contributed by atoms with E-state index in [0.29, 0.717) is 29.9 Å². The fourth-order valence-corrected chi connectivity index (χ4v) is 6.34. The van der Waals surface area contributed by atoms with Gasteiger partial charge in [0.15, 0.2) is 0 Å². The van der Waals surface area contributed by atoms with E-state index in [4.69, 9.17) is 4.74 Å². The Balaban J connectivity index is 1.36. The molecule has 3 fully saturated rings. The molecule has 3 aliphatic heterocycles. The molecule has 7 heteroatoms. The van der Waals surface area contributed by atoms with Crippen molar-refractivity contribution in [2.75, 3.05) is 52.9 Å². The molecule has 6 nitrogen and oxygen atoms in total. The second-order valence-corrected chi connectivity index (χ2v) is 11.3. The lowest BCUT2D eigenvalue weighted by molar-refractivity contribution is -0.0319. The first-order valence-electron chi connectivity index (χ1n) is 11.0. The van der Waals surface area contributed by atoms with Crippen LogP contribution in [-0.2, 0) is 14.8 Å². The highest BCUT2D eigenvalue weighted by Gasteiger charge is 2.46. The van der Waals surface area contributed by atoms with Crippen LogP contribution in [0.15, 0.2) is 29.2 Å². The highest BCUT2D eigenvalue weighted by atomic mass is 32.2. The Morgan fingerprint density at radius 3 is 2.21 bits per heavy atom. The Morgan fingerprint density at radius 2 is 1.62 bits per heavy atom. The third kappa shape index (κ3) is 4.39. The first-order chi connectivity index (χ1) is 13.8. The molecule has 0 aliphatic carbocycles. The van der Waals surface area contributed by atoms with Crippen LogP contribution < -0.4 is 0 Å². The van der Waals surface area contributed by atoms with Crippen LogP contribution in [0.25, 0.3) is 0 Å². The summed E-state index contributed by atoms with van der Waals surface area (Å²) in [6, 6.07) is 7.86. The molecular weight excluding hydrogens is 386 g/mol. The number of piperazine rings is 1. The fraction of sp³-hybridized carbons (Fsp3) is 0.727. The van der Waals surface area contributed by atoms with Crippen LogP contribution in [0, 0.1) is 0 Å². The third-order valence-electron chi connectivity index (χ3n) is 7.06. The maximum atomic E-state index is 13.1. The van der Waals surface area contributed by atoms with Crippen LogP contribution in [0.3, 0.4) is 0 Å². The van der Waals surface area contributed by atoms with Crippen molar-refractivity contribution in [2.45, 2.75) is 55.6 Å². The molecule has 0 radical (unpaired) electrons. The zero-order valence-electron chi connectivity index (χ0n) is 18.0. The summed E-state index contributed by atoms with van der Waals surface area (Å²) in [7, 11) is -1.25. The molecule has 0 N–H and O–H groups in total. The van der Waals surface area contributed by atoms with Gasteiger partial charge in [-0.2, -0.15) is 4.31 Å². The fourth-order valence-electron chi connectivity index (χ4n) is 4.90. The molecule has 4 rings (SSSR count). The van der Waals surface area contributed by atoms with E-state index in [1.165, 1.54) is 0 Å². The van der Waals surface area contributed by atoms with Gasteiger partial charge < -0.3 is 9.64 Å². The van der Waals surface area contributed by atoms with Gasteiger partial charge in [0, 0.05) is 45.3 Å². The molecule has 162 valence electrons. The summed E-state index contributed by atoms with van der Waals surface area (Å²) in [5.74, 6) is 0.398. The maximum absolute atomic E-state index is 13.1. The quantitative estimate of drug-likeness (QED) is 0.747. The molecule has 0 aromatic heterocycles. The normalized spacial score (nSPS) is 27.1. The Labute approximate surface area is 175 Å². The number of benzene rings is 1. The molecule has 3 saturated heterocycles. The van der Waals surface area contributed by atoms with E-state index in [0.717, 1.165) is 57.6 Å². The topological polar surface area (TPSA) is 53.1 Å². The molecule has 1 spiro atoms. The summed E-state index contributed by atoms with van der Waals surface area (Å²) in [4.78, 5) is 5.34. The number of sulfonamides is 1. The molecule has 29 heavy (non-hydrogen) atoms. The van der Waals surface area contributed by atoms with Crippen molar-refractivity contribution in [3.05, 3.63) is 29.8 Å². The van der Waals surface area contributed by atoms with Crippen molar-refractivity contribution >= 4 is 10.0 Å². The molecule has 3 aliphatic rings. The number of hydrogen-bond donors (Lipinski definition) is 0. The van der Waals surface area contributed by atoms with Crippen LogP contribution >= 0.6 is 0 Å². The van der Waals surface area contributed by atoms with E-state index in [2.05, 4.69) is 30.7 Å². The van der Waals surface area contributed by atoms with Crippen LogP contribution in [0.4, 0.5) is 0 Å². The number of rotatable bonds is 4. The zero-order chi connectivity index (χ0) is 20.6. The highest BCUT2D eigenvalue weighted by molar-refractivity contribution is 7.89. The van der Waals surface area contributed by atoms with Gasteiger partial charge in [-0.15, -0.1) is 0 Å². The minimum Gasteiger partial charge on any atom is -0.373 e. The standard InChI is InChI=1S/C22H35N3O3S/c1-18(2)19-4-6-21(7-5-19)29(26,27)25-10-8-22(9-11-25)16-20(17-28-22)24-14-12-23(3)13-15-24/h4-7,18,20H,8-17H2,1-3H3/t20-/m0/s1. The minimum atomic E-state index is -3.43. The molecule has 1 aromatic rings. The molecule has 0 unspecified atom stereocenters. The smallest absolute Gasteiger partial charge is 0.243 e. The second-order valence-electron chi connectivity index (χ2n) is 9.32. The highest BCUT2D eigenvalue weighted by Crippen LogP contribution is 2.39. The van der Waals surface area contributed by atoms with Crippen molar-refractivity contribution < 1.29 is 13.2 Å². The van der Waals surface area contributed by atoms with Crippen molar-refractivity contribution in [1.82, 2.24) is 14.1 Å². The van der Waals surface area contributed by atoms with E-state index >= 15 is 0 Å². The van der Waals surface area contributed by atoms with Gasteiger partial charge in [-0.25, -0.2) is 8.42 Å². The van der Waals surface area contributed by atoms with Gasteiger partial charge >= 0.3 is 0 Å². The average molecular weight is 422 g/mol. The van der Waals surface area contributed by atoms with E-state index in [-0.39, 0.29) is 5.60 Å². The Morgan fingerprint density at radius 1 is 1.00 bits per heavy atom. The Hall–Kier alpha value is -0.990. The third-order valence-corrected chi connectivity index (χ3v) is 8.97. The first-order valence-corrected chi connectivity index (χ1v) is 12.4. The summed E-state index contributed by atoms with van der Waals surface area (Å²) in [5, 5.41) is 0. The molecule has 0 amide bonds. The Bertz CT molecular complexity index is 793. The number of ether oxygens (including phenoxy) is 1. The van der Waals surface area contributed by atoms with Crippen molar-refractivity contribution in [1.29, 1.82) is 0 Å². The van der Waals surface area contributed by atoms with E-state index in [9.17, 15) is 8.42 Å². The summed E-state index contributed by atoms with van der Waals surface area (Å²) in [5.41, 5.74) is 1.03. The summed E-state index contributed by atoms with van der Waals surface area (Å²) in [6.45, 7) is 10.5. The van der Waals surface area contributed by atoms with Crippen LogP contribution in [0.2, 0.25) is 0 Å². The lowest BCUT2D eigenvalue weighted by Crippen LogP contribution is -2.50. The maximum Gasteiger partial charge on any atom is 0.243 e. The summed E-state index contributed by atoms with van der Waals surface area (Å²) >= 11 is 0. The van der Waals surface area contributed by atoms with Crippen LogP contribution in [0.5, 0.6) is 0 Å². The van der Waals surface area contributed by atoms with E-state index in [1.807, 2.05) is 12.1 Å². The van der Waals surface area contributed by atoms with Gasteiger partial charge in [0.2, 0.25) is 10.0 Å². The lowest BCUT2D eigenvalue weighted by Gasteiger charge is -2.39. The SMILES string of the molecule is CC(C)c1ccc(S(=O)(=O)N2CCC3(CC2)C[C@H](N2CCN(C)CC2)CO3)cc1. The molecule has 1 aromatic carbocycles. The summed E-state index contributed by atoms with van der Waals surface area (Å²) < 4.78 is 34.1. The Kier molecular flexibility index (Phi) is 6.06. The predicted molar refractivity (Wildman–Crippen MR) is 115 cm³/mol. The molecule has 1 atom stereocenters. The lowest BCUT2D eigenvalue weighted by atomic mass is 9.88. The van der Waals surface area contributed by atoms with Crippen molar-refractivity contribution in [3.8, 4) is 0 Å². The number of likely N-dealkylation sites (N-methyl/N-ethyl adjacent to an activating group) is 1.